The summed E-state index contributed by atoms with van der Waals surface area (Å²) in [6.45, 7) is 2.30. The Kier molecular flexibility index (Phi) is 7.15. The van der Waals surface area contributed by atoms with E-state index in [4.69, 9.17) is 16.3 Å². The summed E-state index contributed by atoms with van der Waals surface area (Å²) in [7, 11) is -1.85. The Labute approximate surface area is 130 Å². The van der Waals surface area contributed by atoms with Crippen LogP contribution in [0, 0.1) is 0 Å². The zero-order valence-corrected chi connectivity index (χ0v) is 14.3. The van der Waals surface area contributed by atoms with E-state index in [-0.39, 0.29) is 10.9 Å². The number of thioether (sulfide) groups is 1. The van der Waals surface area contributed by atoms with Gasteiger partial charge in [-0.3, -0.25) is 0 Å². The van der Waals surface area contributed by atoms with Gasteiger partial charge in [0.05, 0.1) is 10.8 Å². The van der Waals surface area contributed by atoms with Gasteiger partial charge in [0.15, 0.2) is 0 Å². The van der Waals surface area contributed by atoms with Gasteiger partial charge in [-0.25, -0.2) is 8.42 Å². The van der Waals surface area contributed by atoms with E-state index in [1.54, 1.807) is 43.1 Å². The molecule has 0 fully saturated rings. The minimum absolute atomic E-state index is 0.0535. The molecule has 0 aliphatic carbocycles. The van der Waals surface area contributed by atoms with Crippen molar-refractivity contribution in [2.24, 2.45) is 0 Å². The van der Waals surface area contributed by atoms with Crippen LogP contribution in [-0.2, 0) is 10.0 Å². The second kappa shape index (κ2) is 8.12. The third kappa shape index (κ3) is 4.55. The van der Waals surface area contributed by atoms with E-state index in [9.17, 15) is 8.42 Å². The molecule has 1 aromatic carbocycles. The first-order valence-corrected chi connectivity index (χ1v) is 9.56. The highest BCUT2D eigenvalue weighted by atomic mass is 35.5. The molecule has 114 valence electrons. The Bertz CT molecular complexity index is 505. The number of sulfonamides is 1. The molecule has 0 spiro atoms. The highest BCUT2D eigenvalue weighted by Gasteiger charge is 2.24. The lowest BCUT2D eigenvalue weighted by Crippen LogP contribution is -2.36. The van der Waals surface area contributed by atoms with Crippen molar-refractivity contribution in [3.8, 4) is 5.75 Å². The summed E-state index contributed by atoms with van der Waals surface area (Å²) >= 11 is 7.15. The second-order valence-corrected chi connectivity index (χ2v) is 7.62. The Morgan fingerprint density at radius 2 is 1.95 bits per heavy atom. The minimum Gasteiger partial charge on any atom is -0.492 e. The molecule has 0 aliphatic rings. The smallest absolute Gasteiger partial charge is 0.243 e. The highest BCUT2D eigenvalue weighted by Crippen LogP contribution is 2.21. The fourth-order valence-corrected chi connectivity index (χ4v) is 3.85. The Morgan fingerprint density at radius 3 is 2.45 bits per heavy atom. The summed E-state index contributed by atoms with van der Waals surface area (Å²) < 4.78 is 31.6. The van der Waals surface area contributed by atoms with Crippen LogP contribution in [-0.4, -0.2) is 50.3 Å². The molecular formula is C13H20ClNO3S2. The molecule has 0 aliphatic heterocycles. The average Bonchev–Trinajstić information content (AvgIpc) is 2.45. The van der Waals surface area contributed by atoms with Crippen molar-refractivity contribution in [1.82, 2.24) is 4.31 Å². The van der Waals surface area contributed by atoms with Crippen molar-refractivity contribution in [2.75, 3.05) is 31.5 Å². The number of alkyl halides is 1. The van der Waals surface area contributed by atoms with E-state index in [0.717, 1.165) is 5.75 Å². The number of rotatable bonds is 8. The topological polar surface area (TPSA) is 46.6 Å². The zero-order valence-electron chi connectivity index (χ0n) is 11.9. The van der Waals surface area contributed by atoms with Gasteiger partial charge in [0.1, 0.15) is 12.4 Å². The quantitative estimate of drug-likeness (QED) is 0.684. The molecule has 20 heavy (non-hydrogen) atoms. The lowest BCUT2D eigenvalue weighted by Gasteiger charge is -2.23. The highest BCUT2D eigenvalue weighted by molar-refractivity contribution is 7.98. The van der Waals surface area contributed by atoms with Gasteiger partial charge in [-0.2, -0.15) is 16.1 Å². The van der Waals surface area contributed by atoms with Gasteiger partial charge in [0.25, 0.3) is 0 Å². The summed E-state index contributed by atoms with van der Waals surface area (Å²) in [5.41, 5.74) is 0. The van der Waals surface area contributed by atoms with Crippen molar-refractivity contribution >= 4 is 33.4 Å². The maximum Gasteiger partial charge on any atom is 0.243 e. The number of halogens is 1. The Balaban J connectivity index is 2.87. The van der Waals surface area contributed by atoms with Gasteiger partial charge >= 0.3 is 0 Å². The van der Waals surface area contributed by atoms with Crippen LogP contribution in [0.2, 0.25) is 0 Å². The van der Waals surface area contributed by atoms with Crippen LogP contribution in [0.25, 0.3) is 0 Å². The van der Waals surface area contributed by atoms with E-state index in [0.29, 0.717) is 18.2 Å². The molecule has 7 heteroatoms. The normalized spacial score (nSPS) is 13.4. The summed E-state index contributed by atoms with van der Waals surface area (Å²) in [6.07, 6.45) is 1.96. The second-order valence-electron chi connectivity index (χ2n) is 4.33. The average molecular weight is 338 g/mol. The van der Waals surface area contributed by atoms with Crippen molar-refractivity contribution in [1.29, 1.82) is 0 Å². The zero-order chi connectivity index (χ0) is 15.2. The van der Waals surface area contributed by atoms with E-state index in [2.05, 4.69) is 0 Å². The SMILES string of the molecule is CSCC(C)N(C)S(=O)(=O)c1ccc(OCCCl)cc1. The van der Waals surface area contributed by atoms with Gasteiger partial charge < -0.3 is 4.74 Å². The number of ether oxygens (including phenoxy) is 1. The van der Waals surface area contributed by atoms with Crippen LogP contribution in [0.15, 0.2) is 29.2 Å². The molecule has 0 radical (unpaired) electrons. The molecule has 1 rings (SSSR count). The summed E-state index contributed by atoms with van der Waals surface area (Å²) in [6, 6.07) is 6.35. The summed E-state index contributed by atoms with van der Waals surface area (Å²) in [4.78, 5) is 0.270. The molecule has 1 atom stereocenters. The van der Waals surface area contributed by atoms with Gasteiger partial charge in [-0.05, 0) is 37.4 Å². The van der Waals surface area contributed by atoms with Crippen molar-refractivity contribution < 1.29 is 13.2 Å². The minimum atomic E-state index is -3.46. The van der Waals surface area contributed by atoms with Gasteiger partial charge in [-0.1, -0.05) is 0 Å². The Morgan fingerprint density at radius 1 is 1.35 bits per heavy atom. The van der Waals surface area contributed by atoms with Crippen molar-refractivity contribution in [3.63, 3.8) is 0 Å². The lowest BCUT2D eigenvalue weighted by atomic mass is 10.3. The summed E-state index contributed by atoms with van der Waals surface area (Å²) in [5.74, 6) is 1.77. The van der Waals surface area contributed by atoms with Crippen LogP contribution in [0.5, 0.6) is 5.75 Å². The molecule has 0 amide bonds. The molecule has 0 bridgehead atoms. The number of hydrogen-bond donors (Lipinski definition) is 0. The number of hydrogen-bond acceptors (Lipinski definition) is 4. The lowest BCUT2D eigenvalue weighted by molar-refractivity contribution is 0.342. The molecular weight excluding hydrogens is 318 g/mol. The van der Waals surface area contributed by atoms with Crippen LogP contribution in [0.3, 0.4) is 0 Å². The Hall–Kier alpha value is -0.430. The number of benzene rings is 1. The van der Waals surface area contributed by atoms with Gasteiger partial charge in [0.2, 0.25) is 10.0 Å². The largest absolute Gasteiger partial charge is 0.492 e. The molecule has 0 heterocycles. The predicted molar refractivity (Wildman–Crippen MR) is 85.4 cm³/mol. The van der Waals surface area contributed by atoms with Crippen LogP contribution in [0.4, 0.5) is 0 Å². The molecule has 1 aromatic rings. The number of nitrogens with zero attached hydrogens (tertiary/aromatic N) is 1. The van der Waals surface area contributed by atoms with Gasteiger partial charge in [0, 0.05) is 18.8 Å². The standard InChI is InChI=1S/C13H20ClNO3S2/c1-11(10-19-3)15(2)20(16,17)13-6-4-12(5-7-13)18-9-8-14/h4-7,11H,8-10H2,1-3H3. The van der Waals surface area contributed by atoms with E-state index in [1.807, 2.05) is 13.2 Å². The van der Waals surface area contributed by atoms with E-state index >= 15 is 0 Å². The van der Waals surface area contributed by atoms with Crippen molar-refractivity contribution in [3.05, 3.63) is 24.3 Å². The first-order valence-electron chi connectivity index (χ1n) is 6.19. The fraction of sp³-hybridized carbons (Fsp3) is 0.538. The molecule has 0 saturated heterocycles. The van der Waals surface area contributed by atoms with Crippen LogP contribution in [0.1, 0.15) is 6.92 Å². The molecule has 0 saturated carbocycles. The van der Waals surface area contributed by atoms with E-state index < -0.39 is 10.0 Å². The van der Waals surface area contributed by atoms with Crippen LogP contribution >= 0.6 is 23.4 Å². The van der Waals surface area contributed by atoms with Crippen molar-refractivity contribution in [2.45, 2.75) is 17.9 Å². The molecule has 1 unspecified atom stereocenters. The van der Waals surface area contributed by atoms with Gasteiger partial charge in [-0.15, -0.1) is 11.6 Å². The van der Waals surface area contributed by atoms with E-state index in [1.165, 1.54) is 4.31 Å². The summed E-state index contributed by atoms with van der Waals surface area (Å²) in [5, 5.41) is 0. The van der Waals surface area contributed by atoms with Crippen LogP contribution < -0.4 is 4.74 Å². The third-order valence-corrected chi connectivity index (χ3v) is 5.83. The molecule has 0 N–H and O–H groups in total. The maximum absolute atomic E-state index is 12.4. The third-order valence-electron chi connectivity index (χ3n) is 2.88. The predicted octanol–water partition coefficient (Wildman–Crippen LogP) is 2.68. The fourth-order valence-electron chi connectivity index (χ4n) is 1.61. The molecule has 0 aromatic heterocycles. The monoisotopic (exact) mass is 337 g/mol. The first-order chi connectivity index (χ1) is 9.43. The maximum atomic E-state index is 12.4. The first kappa shape index (κ1) is 17.6. The molecule has 4 nitrogen and oxygen atoms in total.